The number of benzene rings is 1. The maximum Gasteiger partial charge on any atom is 0.117 e. The van der Waals surface area contributed by atoms with Gasteiger partial charge in [-0.15, -0.1) is 0 Å². The molecule has 3 heteroatoms. The summed E-state index contributed by atoms with van der Waals surface area (Å²) >= 11 is 6.23. The Labute approximate surface area is 150 Å². The molecule has 2 nitrogen and oxygen atoms in total. The Morgan fingerprint density at radius 3 is 2.83 bits per heavy atom. The molecule has 0 saturated heterocycles. The number of phenolic OH excluding ortho intramolecular Hbond substituents is 1. The predicted molar refractivity (Wildman–Crippen MR) is 102 cm³/mol. The Morgan fingerprint density at radius 1 is 1.38 bits per heavy atom. The average molecular weight is 347 g/mol. The smallest absolute Gasteiger partial charge is 0.117 e. The molecule has 0 radical (unpaired) electrons. The molecule has 1 aromatic carbocycles. The number of allylic oxidation sites excluding steroid dienone is 1. The van der Waals surface area contributed by atoms with Crippen molar-refractivity contribution in [3.63, 3.8) is 0 Å². The molecule has 0 saturated carbocycles. The maximum absolute atomic E-state index is 9.49. The third-order valence-electron chi connectivity index (χ3n) is 4.42. The van der Waals surface area contributed by atoms with Crippen molar-refractivity contribution in [2.75, 3.05) is 6.61 Å². The van der Waals surface area contributed by atoms with Crippen LogP contribution in [0.4, 0.5) is 0 Å². The van der Waals surface area contributed by atoms with Crippen LogP contribution in [0.5, 0.6) is 5.75 Å². The molecule has 1 atom stereocenters. The third-order valence-corrected chi connectivity index (χ3v) is 4.75. The highest BCUT2D eigenvalue weighted by atomic mass is 35.5. The minimum Gasteiger partial charge on any atom is -0.508 e. The first-order valence-corrected chi connectivity index (χ1v) is 9.10. The zero-order valence-corrected chi connectivity index (χ0v) is 15.4. The highest BCUT2D eigenvalue weighted by Gasteiger charge is 2.21. The summed E-state index contributed by atoms with van der Waals surface area (Å²) in [6.45, 7) is 9.16. The second-order valence-electron chi connectivity index (χ2n) is 6.24. The van der Waals surface area contributed by atoms with Gasteiger partial charge >= 0.3 is 0 Å². The van der Waals surface area contributed by atoms with Crippen molar-refractivity contribution in [1.29, 1.82) is 0 Å². The van der Waals surface area contributed by atoms with Crippen LogP contribution >= 0.6 is 11.6 Å². The number of hydrogen-bond acceptors (Lipinski definition) is 2. The van der Waals surface area contributed by atoms with E-state index < -0.39 is 0 Å². The lowest BCUT2D eigenvalue weighted by Gasteiger charge is -2.17. The second-order valence-corrected chi connectivity index (χ2v) is 6.64. The van der Waals surface area contributed by atoms with Crippen LogP contribution in [0.2, 0.25) is 5.02 Å². The largest absolute Gasteiger partial charge is 0.508 e. The van der Waals surface area contributed by atoms with Crippen molar-refractivity contribution in [2.24, 2.45) is 0 Å². The summed E-state index contributed by atoms with van der Waals surface area (Å²) in [6, 6.07) is 5.13. The SMILES string of the molecule is C=C(CC)C1=CCOC1CC/C(=C/c1ccc(O)cc1Cl)CCC. The van der Waals surface area contributed by atoms with Gasteiger partial charge in [0.1, 0.15) is 5.75 Å². The average Bonchev–Trinajstić information content (AvgIpc) is 3.03. The molecule has 1 aliphatic heterocycles. The number of phenols is 1. The van der Waals surface area contributed by atoms with E-state index in [2.05, 4.69) is 32.6 Å². The van der Waals surface area contributed by atoms with Crippen LogP contribution < -0.4 is 0 Å². The van der Waals surface area contributed by atoms with Crippen molar-refractivity contribution >= 4 is 17.7 Å². The van der Waals surface area contributed by atoms with Crippen LogP contribution in [0.1, 0.15) is 51.5 Å². The number of hydrogen-bond donors (Lipinski definition) is 1. The molecule has 2 rings (SSSR count). The van der Waals surface area contributed by atoms with E-state index in [1.165, 1.54) is 16.7 Å². The van der Waals surface area contributed by atoms with Crippen LogP contribution in [0.15, 0.2) is 47.6 Å². The van der Waals surface area contributed by atoms with Gasteiger partial charge in [-0.05, 0) is 60.6 Å². The first-order valence-electron chi connectivity index (χ1n) is 8.72. The molecule has 24 heavy (non-hydrogen) atoms. The summed E-state index contributed by atoms with van der Waals surface area (Å²) in [5.74, 6) is 0.196. The molecule has 1 unspecified atom stereocenters. The standard InChI is InChI=1S/C21H27ClO2/c1-4-6-16(13-17-8-9-18(23)14-20(17)22)7-10-21-19(11-12-24-21)15(3)5-2/h8-9,11,13-14,21,23H,3-7,10,12H2,1-2H3/b16-13+. The van der Waals surface area contributed by atoms with E-state index in [0.717, 1.165) is 37.7 Å². The normalized spacial score (nSPS) is 17.9. The van der Waals surface area contributed by atoms with Crippen molar-refractivity contribution in [3.05, 3.63) is 58.2 Å². The minimum atomic E-state index is 0.160. The number of ether oxygens (including phenoxy) is 1. The molecule has 0 bridgehead atoms. The van der Waals surface area contributed by atoms with E-state index in [4.69, 9.17) is 16.3 Å². The summed E-state index contributed by atoms with van der Waals surface area (Å²) in [5.41, 5.74) is 4.78. The van der Waals surface area contributed by atoms with E-state index in [1.54, 1.807) is 12.1 Å². The molecule has 1 aliphatic rings. The predicted octanol–water partition coefficient (Wildman–Crippen LogP) is 6.30. The summed E-state index contributed by atoms with van der Waals surface area (Å²) in [6.07, 6.45) is 9.51. The fraction of sp³-hybridized carbons (Fsp3) is 0.429. The summed E-state index contributed by atoms with van der Waals surface area (Å²) in [4.78, 5) is 0. The molecule has 0 fully saturated rings. The van der Waals surface area contributed by atoms with Crippen molar-refractivity contribution in [3.8, 4) is 5.75 Å². The monoisotopic (exact) mass is 346 g/mol. The molecule has 1 aromatic rings. The molecular weight excluding hydrogens is 320 g/mol. The Hall–Kier alpha value is -1.51. The van der Waals surface area contributed by atoms with Gasteiger partial charge in [0.2, 0.25) is 0 Å². The van der Waals surface area contributed by atoms with Crippen molar-refractivity contribution in [2.45, 2.75) is 52.1 Å². The third kappa shape index (κ3) is 4.99. The Morgan fingerprint density at radius 2 is 2.17 bits per heavy atom. The Bertz CT molecular complexity index is 643. The van der Waals surface area contributed by atoms with E-state index in [-0.39, 0.29) is 11.9 Å². The fourth-order valence-corrected chi connectivity index (χ4v) is 3.28. The lowest BCUT2D eigenvalue weighted by molar-refractivity contribution is 0.116. The Balaban J connectivity index is 2.07. The molecule has 0 spiro atoms. The maximum atomic E-state index is 9.49. The van der Waals surface area contributed by atoms with Gasteiger partial charge in [-0.3, -0.25) is 0 Å². The van der Waals surface area contributed by atoms with Crippen LogP contribution in [0.3, 0.4) is 0 Å². The zero-order chi connectivity index (χ0) is 17.5. The molecule has 1 N–H and O–H groups in total. The fourth-order valence-electron chi connectivity index (χ4n) is 3.05. The first kappa shape index (κ1) is 18.8. The summed E-state index contributed by atoms with van der Waals surface area (Å²) in [5, 5.41) is 10.1. The Kier molecular flexibility index (Phi) is 7.14. The summed E-state index contributed by atoms with van der Waals surface area (Å²) < 4.78 is 5.87. The van der Waals surface area contributed by atoms with Gasteiger partial charge in [0.15, 0.2) is 0 Å². The summed E-state index contributed by atoms with van der Waals surface area (Å²) in [7, 11) is 0. The minimum absolute atomic E-state index is 0.160. The van der Waals surface area contributed by atoms with Crippen molar-refractivity contribution in [1.82, 2.24) is 0 Å². The zero-order valence-electron chi connectivity index (χ0n) is 14.6. The van der Waals surface area contributed by atoms with Gasteiger partial charge in [0.25, 0.3) is 0 Å². The van der Waals surface area contributed by atoms with Gasteiger partial charge in [-0.2, -0.15) is 0 Å². The highest BCUT2D eigenvalue weighted by Crippen LogP contribution is 2.30. The molecular formula is C21H27ClO2. The van der Waals surface area contributed by atoms with Gasteiger partial charge < -0.3 is 9.84 Å². The number of halogens is 1. The van der Waals surface area contributed by atoms with Gasteiger partial charge in [-0.25, -0.2) is 0 Å². The van der Waals surface area contributed by atoms with E-state index in [1.807, 2.05) is 6.07 Å². The molecule has 0 aliphatic carbocycles. The lowest BCUT2D eigenvalue weighted by atomic mass is 9.94. The molecule has 0 aromatic heterocycles. The molecule has 0 amide bonds. The molecule has 130 valence electrons. The van der Waals surface area contributed by atoms with E-state index in [0.29, 0.717) is 11.6 Å². The first-order chi connectivity index (χ1) is 11.5. The van der Waals surface area contributed by atoms with Crippen LogP contribution in [0.25, 0.3) is 6.08 Å². The van der Waals surface area contributed by atoms with Crippen LogP contribution in [0, 0.1) is 0 Å². The van der Waals surface area contributed by atoms with Gasteiger partial charge in [0, 0.05) is 0 Å². The van der Waals surface area contributed by atoms with Crippen LogP contribution in [-0.4, -0.2) is 17.8 Å². The number of aromatic hydroxyl groups is 1. The molecule has 1 heterocycles. The topological polar surface area (TPSA) is 29.5 Å². The lowest BCUT2D eigenvalue weighted by Crippen LogP contribution is -2.11. The van der Waals surface area contributed by atoms with Gasteiger partial charge in [0.05, 0.1) is 17.7 Å². The van der Waals surface area contributed by atoms with Crippen molar-refractivity contribution < 1.29 is 9.84 Å². The highest BCUT2D eigenvalue weighted by molar-refractivity contribution is 6.32. The van der Waals surface area contributed by atoms with E-state index in [9.17, 15) is 5.11 Å². The van der Waals surface area contributed by atoms with Gasteiger partial charge in [-0.1, -0.05) is 56.2 Å². The second kappa shape index (κ2) is 9.10. The number of rotatable bonds is 8. The van der Waals surface area contributed by atoms with E-state index >= 15 is 0 Å². The van der Waals surface area contributed by atoms with Crippen LogP contribution in [-0.2, 0) is 4.74 Å². The quantitative estimate of drug-likeness (QED) is 0.598.